The van der Waals surface area contributed by atoms with Crippen molar-refractivity contribution in [2.24, 2.45) is 0 Å². The van der Waals surface area contributed by atoms with E-state index < -0.39 is 0 Å². The Morgan fingerprint density at radius 1 is 1.38 bits per heavy atom. The van der Waals surface area contributed by atoms with Gasteiger partial charge in [-0.05, 0) is 30.5 Å². The Kier molecular flexibility index (Phi) is 1.84. The van der Waals surface area contributed by atoms with E-state index in [2.05, 4.69) is 36.1 Å². The van der Waals surface area contributed by atoms with Crippen molar-refractivity contribution in [1.82, 2.24) is 10.1 Å². The normalized spacial score (nSPS) is 12.0. The van der Waals surface area contributed by atoms with Crippen LogP contribution in [0, 0.1) is 6.92 Å². The van der Waals surface area contributed by atoms with Crippen LogP contribution in [0.5, 0.6) is 0 Å². The first kappa shape index (κ1) is 9.46. The van der Waals surface area contributed by atoms with Gasteiger partial charge in [0.1, 0.15) is 0 Å². The van der Waals surface area contributed by atoms with Crippen molar-refractivity contribution in [3.05, 3.63) is 29.6 Å². The van der Waals surface area contributed by atoms with E-state index in [1.165, 1.54) is 10.9 Å². The minimum Gasteiger partial charge on any atom is -0.382 e. The van der Waals surface area contributed by atoms with E-state index in [4.69, 9.17) is 4.52 Å². The molecule has 3 heteroatoms. The number of aryl methyl sites for hydroxylation is 1. The summed E-state index contributed by atoms with van der Waals surface area (Å²) in [5.74, 6) is 0.451. The maximum Gasteiger partial charge on any atom is 0.165 e. The highest BCUT2D eigenvalue weighted by Crippen LogP contribution is 2.33. The zero-order chi connectivity index (χ0) is 11.3. The summed E-state index contributed by atoms with van der Waals surface area (Å²) >= 11 is 0. The van der Waals surface area contributed by atoms with Crippen LogP contribution >= 0.6 is 0 Å². The molecule has 0 radical (unpaired) electrons. The van der Waals surface area contributed by atoms with Gasteiger partial charge in [0.2, 0.25) is 0 Å². The lowest BCUT2D eigenvalue weighted by molar-refractivity contribution is 0.450. The molecule has 82 valence electrons. The van der Waals surface area contributed by atoms with E-state index in [0.717, 1.165) is 22.2 Å². The quantitative estimate of drug-likeness (QED) is 0.670. The van der Waals surface area contributed by atoms with Crippen molar-refractivity contribution in [3.63, 3.8) is 0 Å². The summed E-state index contributed by atoms with van der Waals surface area (Å²) in [6.07, 6.45) is 1.86. The molecule has 16 heavy (non-hydrogen) atoms. The molecule has 0 aliphatic carbocycles. The van der Waals surface area contributed by atoms with Crippen molar-refractivity contribution in [3.8, 4) is 0 Å². The summed E-state index contributed by atoms with van der Waals surface area (Å²) in [6, 6.07) is 4.15. The van der Waals surface area contributed by atoms with Crippen molar-refractivity contribution in [2.45, 2.75) is 26.7 Å². The first-order valence-corrected chi connectivity index (χ1v) is 5.53. The average Bonchev–Trinajstić information content (AvgIpc) is 2.82. The largest absolute Gasteiger partial charge is 0.382 e. The molecule has 2 aromatic heterocycles. The molecule has 0 saturated carbocycles. The SMILES string of the molecule is Cc1[nH]oc2cc(C(C)C)c3nccc3c12. The number of nitrogens with one attached hydrogen (secondary N) is 1. The van der Waals surface area contributed by atoms with E-state index in [1.54, 1.807) is 0 Å². The van der Waals surface area contributed by atoms with Crippen LogP contribution in [0.3, 0.4) is 0 Å². The van der Waals surface area contributed by atoms with Crippen molar-refractivity contribution in [2.75, 3.05) is 0 Å². The fourth-order valence-corrected chi connectivity index (χ4v) is 2.27. The third kappa shape index (κ3) is 1.11. The number of fused-ring (bicyclic) bond motifs is 3. The zero-order valence-corrected chi connectivity index (χ0v) is 9.66. The summed E-state index contributed by atoms with van der Waals surface area (Å²) in [6.45, 7) is 6.37. The van der Waals surface area contributed by atoms with E-state index in [1.807, 2.05) is 13.1 Å². The Balaban J connectivity index is 2.55. The van der Waals surface area contributed by atoms with Crippen LogP contribution in [-0.2, 0) is 0 Å². The summed E-state index contributed by atoms with van der Waals surface area (Å²) in [4.78, 5) is 4.46. The van der Waals surface area contributed by atoms with Gasteiger partial charge in [-0.15, -0.1) is 0 Å². The summed E-state index contributed by atoms with van der Waals surface area (Å²) in [5.41, 5.74) is 4.32. The number of rotatable bonds is 1. The number of aromatic nitrogens is 2. The zero-order valence-electron chi connectivity index (χ0n) is 9.66. The number of hydrogen-bond donors (Lipinski definition) is 1. The van der Waals surface area contributed by atoms with Gasteiger partial charge in [-0.2, -0.15) is 0 Å². The topological polar surface area (TPSA) is 41.8 Å². The highest BCUT2D eigenvalue weighted by Gasteiger charge is 2.14. The summed E-state index contributed by atoms with van der Waals surface area (Å²) < 4.78 is 5.46. The van der Waals surface area contributed by atoms with Gasteiger partial charge in [0, 0.05) is 11.6 Å². The maximum absolute atomic E-state index is 5.46. The standard InChI is InChI=1S/C13H14N2O/c1-7(2)10-6-11-12(8(3)15-16-11)9-4-5-14-13(9)10/h4-7,15H,1-3H3. The van der Waals surface area contributed by atoms with Gasteiger partial charge in [0.25, 0.3) is 0 Å². The molecule has 0 aliphatic heterocycles. The highest BCUT2D eigenvalue weighted by atomic mass is 16.5. The number of H-pyrrole nitrogens is 1. The molecule has 3 aromatic rings. The monoisotopic (exact) mass is 214 g/mol. The van der Waals surface area contributed by atoms with Crippen LogP contribution < -0.4 is 0 Å². The molecule has 1 aromatic carbocycles. The third-order valence-corrected chi connectivity index (χ3v) is 3.09. The first-order chi connectivity index (χ1) is 7.68. The van der Waals surface area contributed by atoms with Gasteiger partial charge in [-0.3, -0.25) is 4.98 Å². The van der Waals surface area contributed by atoms with Gasteiger partial charge in [-0.25, -0.2) is 5.16 Å². The van der Waals surface area contributed by atoms with E-state index in [-0.39, 0.29) is 0 Å². The van der Waals surface area contributed by atoms with Crippen molar-refractivity contribution < 1.29 is 4.52 Å². The molecule has 1 N–H and O–H groups in total. The molecular formula is C13H14N2O. The lowest BCUT2D eigenvalue weighted by Crippen LogP contribution is -1.89. The molecule has 0 atom stereocenters. The molecule has 0 fully saturated rings. The molecule has 0 bridgehead atoms. The molecule has 3 nitrogen and oxygen atoms in total. The van der Waals surface area contributed by atoms with E-state index in [0.29, 0.717) is 5.92 Å². The van der Waals surface area contributed by atoms with Gasteiger partial charge >= 0.3 is 0 Å². The Morgan fingerprint density at radius 2 is 2.19 bits per heavy atom. The van der Waals surface area contributed by atoms with Crippen LogP contribution in [-0.4, -0.2) is 10.1 Å². The molecule has 0 unspecified atom stereocenters. The van der Waals surface area contributed by atoms with Crippen molar-refractivity contribution >= 4 is 21.9 Å². The van der Waals surface area contributed by atoms with Gasteiger partial charge < -0.3 is 4.52 Å². The smallest absolute Gasteiger partial charge is 0.165 e. The number of benzene rings is 1. The lowest BCUT2D eigenvalue weighted by atomic mass is 9.98. The number of aromatic amines is 1. The Bertz CT molecular complexity index is 661. The minimum atomic E-state index is 0.451. The van der Waals surface area contributed by atoms with Gasteiger partial charge in [-0.1, -0.05) is 13.8 Å². The Labute approximate surface area is 93.4 Å². The predicted octanol–water partition coefficient (Wildman–Crippen LogP) is 3.74. The van der Waals surface area contributed by atoms with Crippen LogP contribution in [0.25, 0.3) is 21.9 Å². The second kappa shape index (κ2) is 3.11. The van der Waals surface area contributed by atoms with E-state index >= 15 is 0 Å². The second-order valence-corrected chi connectivity index (χ2v) is 4.53. The molecule has 0 spiro atoms. The van der Waals surface area contributed by atoms with Crippen LogP contribution in [0.4, 0.5) is 0 Å². The average molecular weight is 214 g/mol. The van der Waals surface area contributed by atoms with Gasteiger partial charge in [0.05, 0.1) is 16.6 Å². The molecule has 0 amide bonds. The second-order valence-electron chi connectivity index (χ2n) is 4.53. The molecule has 0 aliphatic rings. The van der Waals surface area contributed by atoms with E-state index in [9.17, 15) is 0 Å². The summed E-state index contributed by atoms with van der Waals surface area (Å²) in [5, 5.41) is 5.26. The number of nitrogens with zero attached hydrogens (tertiary/aromatic N) is 1. The maximum atomic E-state index is 5.46. The van der Waals surface area contributed by atoms with Crippen molar-refractivity contribution in [1.29, 1.82) is 0 Å². The predicted molar refractivity (Wildman–Crippen MR) is 64.7 cm³/mol. The van der Waals surface area contributed by atoms with Gasteiger partial charge in [0.15, 0.2) is 5.58 Å². The minimum absolute atomic E-state index is 0.451. The van der Waals surface area contributed by atoms with Crippen LogP contribution in [0.2, 0.25) is 0 Å². The molecule has 3 rings (SSSR count). The Morgan fingerprint density at radius 3 is 2.94 bits per heavy atom. The molecular weight excluding hydrogens is 200 g/mol. The molecule has 2 heterocycles. The first-order valence-electron chi connectivity index (χ1n) is 5.53. The summed E-state index contributed by atoms with van der Waals surface area (Å²) in [7, 11) is 0. The Hall–Kier alpha value is -1.77. The number of hydrogen-bond acceptors (Lipinski definition) is 2. The fourth-order valence-electron chi connectivity index (χ4n) is 2.27. The van der Waals surface area contributed by atoms with Crippen LogP contribution in [0.1, 0.15) is 31.0 Å². The highest BCUT2D eigenvalue weighted by molar-refractivity contribution is 6.07. The third-order valence-electron chi connectivity index (χ3n) is 3.09. The molecule has 0 saturated heterocycles. The fraction of sp³-hybridized carbons (Fsp3) is 0.308. The van der Waals surface area contributed by atoms with Crippen LogP contribution in [0.15, 0.2) is 22.9 Å². The lowest BCUT2D eigenvalue weighted by Gasteiger charge is -2.06.